The highest BCUT2D eigenvalue weighted by Gasteiger charge is 2.08. The Balaban J connectivity index is 2.11. The largest absolute Gasteiger partial charge is 0.317 e. The Bertz CT molecular complexity index is 403. The first-order valence-corrected chi connectivity index (χ1v) is 7.95. The number of hydrogen-bond acceptors (Lipinski definition) is 4. The van der Waals surface area contributed by atoms with Crippen LogP contribution in [0.4, 0.5) is 0 Å². The number of nitrogens with one attached hydrogen (secondary N) is 2. The molecule has 0 fully saturated rings. The van der Waals surface area contributed by atoms with E-state index in [-0.39, 0.29) is 5.75 Å². The second-order valence-electron chi connectivity index (χ2n) is 4.09. The molecule has 1 aromatic heterocycles. The van der Waals surface area contributed by atoms with Crippen LogP contribution in [0, 0.1) is 0 Å². The molecule has 0 radical (unpaired) electrons. The Hall–Kier alpha value is -0.920. The fraction of sp³-hybridized carbons (Fsp3) is 0.727. The van der Waals surface area contributed by atoms with Crippen molar-refractivity contribution in [1.82, 2.24) is 19.8 Å². The molecule has 0 aromatic carbocycles. The minimum atomic E-state index is -3.15. The summed E-state index contributed by atoms with van der Waals surface area (Å²) in [5, 5.41) is 7.18. The van der Waals surface area contributed by atoms with Crippen molar-refractivity contribution in [3.63, 3.8) is 0 Å². The molecule has 0 unspecified atom stereocenters. The molecule has 6 nitrogen and oxygen atoms in total. The van der Waals surface area contributed by atoms with Crippen molar-refractivity contribution in [2.24, 2.45) is 0 Å². The van der Waals surface area contributed by atoms with E-state index in [9.17, 15) is 8.42 Å². The van der Waals surface area contributed by atoms with Crippen LogP contribution < -0.4 is 10.0 Å². The third-order valence-electron chi connectivity index (χ3n) is 2.42. The lowest BCUT2D eigenvalue weighted by Crippen LogP contribution is -2.31. The molecule has 0 saturated carbocycles. The van der Waals surface area contributed by atoms with Crippen molar-refractivity contribution < 1.29 is 8.42 Å². The Kier molecular flexibility index (Phi) is 6.92. The summed E-state index contributed by atoms with van der Waals surface area (Å²) < 4.78 is 27.5. The van der Waals surface area contributed by atoms with E-state index in [0.29, 0.717) is 19.5 Å². The summed E-state index contributed by atoms with van der Waals surface area (Å²) in [6.45, 7) is 4.70. The van der Waals surface area contributed by atoms with E-state index in [1.165, 1.54) is 0 Å². The van der Waals surface area contributed by atoms with Gasteiger partial charge in [-0.2, -0.15) is 5.10 Å². The first kappa shape index (κ1) is 15.1. The predicted molar refractivity (Wildman–Crippen MR) is 71.8 cm³/mol. The van der Waals surface area contributed by atoms with E-state index < -0.39 is 10.0 Å². The van der Waals surface area contributed by atoms with Gasteiger partial charge in [-0.25, -0.2) is 13.1 Å². The van der Waals surface area contributed by atoms with E-state index in [1.54, 1.807) is 10.9 Å². The molecular weight excluding hydrogens is 252 g/mol. The van der Waals surface area contributed by atoms with Gasteiger partial charge in [-0.15, -0.1) is 0 Å². The Morgan fingerprint density at radius 2 is 2.11 bits per heavy atom. The molecule has 0 aliphatic rings. The van der Waals surface area contributed by atoms with Gasteiger partial charge in [-0.05, 0) is 32.0 Å². The third kappa shape index (κ3) is 6.73. The van der Waals surface area contributed by atoms with E-state index in [2.05, 4.69) is 22.1 Å². The first-order valence-electron chi connectivity index (χ1n) is 6.29. The monoisotopic (exact) mass is 274 g/mol. The van der Waals surface area contributed by atoms with Gasteiger partial charge in [0, 0.05) is 18.9 Å². The van der Waals surface area contributed by atoms with Gasteiger partial charge in [-0.1, -0.05) is 6.92 Å². The van der Waals surface area contributed by atoms with Gasteiger partial charge in [0.2, 0.25) is 10.0 Å². The van der Waals surface area contributed by atoms with Gasteiger partial charge in [0.15, 0.2) is 0 Å². The Labute approximate surface area is 109 Å². The summed E-state index contributed by atoms with van der Waals surface area (Å²) in [6.07, 6.45) is 5.18. The van der Waals surface area contributed by atoms with Crippen LogP contribution in [0.5, 0.6) is 0 Å². The maximum Gasteiger partial charge on any atom is 0.211 e. The summed E-state index contributed by atoms with van der Waals surface area (Å²) >= 11 is 0. The minimum Gasteiger partial charge on any atom is -0.317 e. The zero-order valence-corrected chi connectivity index (χ0v) is 11.6. The molecule has 7 heteroatoms. The van der Waals surface area contributed by atoms with Gasteiger partial charge in [0.05, 0.1) is 12.3 Å². The molecule has 1 rings (SSSR count). The van der Waals surface area contributed by atoms with Crippen molar-refractivity contribution in [2.75, 3.05) is 25.4 Å². The molecule has 0 aliphatic heterocycles. The summed E-state index contributed by atoms with van der Waals surface area (Å²) in [5.41, 5.74) is 0. The number of sulfonamides is 1. The van der Waals surface area contributed by atoms with Crippen molar-refractivity contribution in [3.05, 3.63) is 18.5 Å². The quantitative estimate of drug-likeness (QED) is 0.597. The summed E-state index contributed by atoms with van der Waals surface area (Å²) in [5.74, 6) is 0.169. The number of nitrogens with zero attached hydrogens (tertiary/aromatic N) is 2. The normalized spacial score (nSPS) is 11.8. The molecule has 1 heterocycles. The Morgan fingerprint density at radius 3 is 2.78 bits per heavy atom. The Morgan fingerprint density at radius 1 is 1.28 bits per heavy atom. The van der Waals surface area contributed by atoms with Crippen molar-refractivity contribution >= 4 is 10.0 Å². The lowest BCUT2D eigenvalue weighted by molar-refractivity contribution is 0.556. The van der Waals surface area contributed by atoms with Gasteiger partial charge >= 0.3 is 0 Å². The lowest BCUT2D eigenvalue weighted by Gasteiger charge is -2.07. The number of aromatic nitrogens is 2. The van der Waals surface area contributed by atoms with Crippen molar-refractivity contribution in [2.45, 2.75) is 26.3 Å². The second-order valence-corrected chi connectivity index (χ2v) is 6.01. The molecule has 0 aliphatic carbocycles. The highest BCUT2D eigenvalue weighted by atomic mass is 32.2. The van der Waals surface area contributed by atoms with E-state index in [1.807, 2.05) is 12.3 Å². The van der Waals surface area contributed by atoms with Gasteiger partial charge in [0.25, 0.3) is 0 Å². The molecule has 104 valence electrons. The van der Waals surface area contributed by atoms with Crippen LogP contribution in [-0.4, -0.2) is 43.6 Å². The highest BCUT2D eigenvalue weighted by Crippen LogP contribution is 1.90. The third-order valence-corrected chi connectivity index (χ3v) is 3.89. The zero-order valence-electron chi connectivity index (χ0n) is 10.8. The molecule has 18 heavy (non-hydrogen) atoms. The zero-order chi connectivity index (χ0) is 13.3. The smallest absolute Gasteiger partial charge is 0.211 e. The van der Waals surface area contributed by atoms with Gasteiger partial charge in [-0.3, -0.25) is 4.68 Å². The maximum absolute atomic E-state index is 11.6. The topological polar surface area (TPSA) is 76.0 Å². The van der Waals surface area contributed by atoms with Crippen LogP contribution in [0.15, 0.2) is 18.5 Å². The molecule has 0 bridgehead atoms. The van der Waals surface area contributed by atoms with Crippen molar-refractivity contribution in [3.8, 4) is 0 Å². The fourth-order valence-electron chi connectivity index (χ4n) is 1.51. The molecular formula is C11H22N4O2S. The number of hydrogen-bond donors (Lipinski definition) is 2. The molecule has 0 amide bonds. The predicted octanol–water partition coefficient (Wildman–Crippen LogP) is 0.192. The van der Waals surface area contributed by atoms with Crippen LogP contribution in [0.2, 0.25) is 0 Å². The average Bonchev–Trinajstić information content (AvgIpc) is 2.81. The molecule has 2 N–H and O–H groups in total. The summed E-state index contributed by atoms with van der Waals surface area (Å²) in [7, 11) is -3.15. The van der Waals surface area contributed by atoms with E-state index >= 15 is 0 Å². The molecule has 1 aromatic rings. The van der Waals surface area contributed by atoms with E-state index in [0.717, 1.165) is 19.5 Å². The maximum atomic E-state index is 11.6. The molecule has 0 saturated heterocycles. The van der Waals surface area contributed by atoms with Crippen molar-refractivity contribution in [1.29, 1.82) is 0 Å². The lowest BCUT2D eigenvalue weighted by atomic mass is 10.4. The molecule has 0 atom stereocenters. The van der Waals surface area contributed by atoms with E-state index in [4.69, 9.17) is 0 Å². The van der Waals surface area contributed by atoms with Crippen LogP contribution in [0.3, 0.4) is 0 Å². The van der Waals surface area contributed by atoms with Gasteiger partial charge < -0.3 is 5.32 Å². The summed E-state index contributed by atoms with van der Waals surface area (Å²) in [6, 6.07) is 1.81. The van der Waals surface area contributed by atoms with Crippen LogP contribution in [0.1, 0.15) is 19.8 Å². The standard InChI is InChI=1S/C11H22N4O2S/c1-2-5-12-6-4-11-18(16,17)14-8-10-15-9-3-7-13-15/h3,7,9,12,14H,2,4-6,8,10-11H2,1H3. The second kappa shape index (κ2) is 8.23. The fourth-order valence-corrected chi connectivity index (χ4v) is 2.58. The average molecular weight is 274 g/mol. The van der Waals surface area contributed by atoms with Crippen LogP contribution >= 0.6 is 0 Å². The summed E-state index contributed by atoms with van der Waals surface area (Å²) in [4.78, 5) is 0. The SMILES string of the molecule is CCCNCCCS(=O)(=O)NCCn1cccn1. The van der Waals surface area contributed by atoms with Crippen LogP contribution in [-0.2, 0) is 16.6 Å². The first-order chi connectivity index (χ1) is 8.64. The van der Waals surface area contributed by atoms with Crippen LogP contribution in [0.25, 0.3) is 0 Å². The minimum absolute atomic E-state index is 0.169. The molecule has 0 spiro atoms. The number of rotatable bonds is 10. The van der Waals surface area contributed by atoms with Gasteiger partial charge in [0.1, 0.15) is 0 Å². The highest BCUT2D eigenvalue weighted by molar-refractivity contribution is 7.89.